The van der Waals surface area contributed by atoms with Crippen molar-refractivity contribution < 1.29 is 0 Å². The smallest absolute Gasteiger partial charge is 0.275 e. The van der Waals surface area contributed by atoms with Crippen LogP contribution in [0.2, 0.25) is 0 Å². The number of nitrogens with one attached hydrogen (secondary N) is 1. The second-order valence-corrected chi connectivity index (χ2v) is 9.06. The fourth-order valence-corrected chi connectivity index (χ4v) is 4.45. The molecular weight excluding hydrogens is 430 g/mol. The zero-order valence-electron chi connectivity index (χ0n) is 18.4. The summed E-state index contributed by atoms with van der Waals surface area (Å²) in [5.74, 6) is 0. The summed E-state index contributed by atoms with van der Waals surface area (Å²) in [5.41, 5.74) is 5.23. The van der Waals surface area contributed by atoms with Crippen LogP contribution < -0.4 is 10.9 Å². The summed E-state index contributed by atoms with van der Waals surface area (Å²) in [6.45, 7) is 5.11. The average molecular weight is 454 g/mol. The first-order valence-corrected chi connectivity index (χ1v) is 11.6. The molecule has 0 amide bonds. The summed E-state index contributed by atoms with van der Waals surface area (Å²) in [6, 6.07) is 24.0. The minimum Gasteiger partial charge on any atom is -0.356 e. The second-order valence-electron chi connectivity index (χ2n) is 8.00. The number of hydrogen-bond donors (Lipinski definition) is 1. The van der Waals surface area contributed by atoms with Gasteiger partial charge in [-0.3, -0.25) is 4.79 Å². The van der Waals surface area contributed by atoms with E-state index in [-0.39, 0.29) is 12.1 Å². The van der Waals surface area contributed by atoms with Crippen molar-refractivity contribution in [1.82, 2.24) is 20.0 Å². The monoisotopic (exact) mass is 453 g/mol. The molecule has 33 heavy (non-hydrogen) atoms. The quantitative estimate of drug-likeness (QED) is 0.383. The van der Waals surface area contributed by atoms with Crippen molar-refractivity contribution in [3.05, 3.63) is 105 Å². The van der Waals surface area contributed by atoms with Gasteiger partial charge in [0.25, 0.3) is 5.56 Å². The third-order valence-corrected chi connectivity index (χ3v) is 6.55. The number of anilines is 1. The third kappa shape index (κ3) is 4.40. The molecule has 0 fully saturated rings. The molecule has 2 aromatic heterocycles. The highest BCUT2D eigenvalue weighted by Gasteiger charge is 2.14. The summed E-state index contributed by atoms with van der Waals surface area (Å²) >= 11 is 1.43. The van der Waals surface area contributed by atoms with Crippen LogP contribution in [0.5, 0.6) is 0 Å². The molecule has 6 nitrogen and oxygen atoms in total. The predicted molar refractivity (Wildman–Crippen MR) is 134 cm³/mol. The lowest BCUT2D eigenvalue weighted by Crippen LogP contribution is -2.24. The van der Waals surface area contributed by atoms with Crippen LogP contribution in [0.1, 0.15) is 21.7 Å². The number of rotatable bonds is 6. The van der Waals surface area contributed by atoms with Gasteiger partial charge in [-0.1, -0.05) is 72.0 Å². The van der Waals surface area contributed by atoms with Gasteiger partial charge in [-0.05, 0) is 42.7 Å². The van der Waals surface area contributed by atoms with Crippen LogP contribution in [0.25, 0.3) is 22.0 Å². The van der Waals surface area contributed by atoms with Gasteiger partial charge in [-0.25, -0.2) is 4.68 Å². The highest BCUT2D eigenvalue weighted by atomic mass is 32.1. The van der Waals surface area contributed by atoms with Crippen LogP contribution in [-0.4, -0.2) is 20.0 Å². The van der Waals surface area contributed by atoms with Crippen molar-refractivity contribution in [3.63, 3.8) is 0 Å². The highest BCUT2D eigenvalue weighted by molar-refractivity contribution is 7.15. The van der Waals surface area contributed by atoms with E-state index in [1.54, 1.807) is 0 Å². The van der Waals surface area contributed by atoms with Crippen LogP contribution in [-0.2, 0) is 13.1 Å². The zero-order chi connectivity index (χ0) is 22.8. The minimum absolute atomic E-state index is 0.132. The topological polar surface area (TPSA) is 72.7 Å². The number of nitrogens with zero attached hydrogens (tertiary/aromatic N) is 4. The van der Waals surface area contributed by atoms with Gasteiger partial charge >= 0.3 is 0 Å². The first-order chi connectivity index (χ1) is 16.1. The normalized spacial score (nSPS) is 11.1. The molecule has 0 bridgehead atoms. The Morgan fingerprint density at radius 3 is 2.42 bits per heavy atom. The van der Waals surface area contributed by atoms with Crippen LogP contribution in [0, 0.1) is 13.8 Å². The number of benzene rings is 3. The molecule has 1 N–H and O–H groups in total. The summed E-state index contributed by atoms with van der Waals surface area (Å²) in [7, 11) is 0. The molecule has 0 spiro atoms. The van der Waals surface area contributed by atoms with Crippen molar-refractivity contribution >= 4 is 27.2 Å². The Labute approximate surface area is 195 Å². The molecule has 0 atom stereocenters. The van der Waals surface area contributed by atoms with Crippen LogP contribution in [0.4, 0.5) is 5.13 Å². The molecular formula is C26H23N5OS. The highest BCUT2D eigenvalue weighted by Crippen LogP contribution is 2.27. The molecule has 0 saturated heterocycles. The molecule has 2 heterocycles. The van der Waals surface area contributed by atoms with Crippen molar-refractivity contribution in [2.45, 2.75) is 26.9 Å². The van der Waals surface area contributed by atoms with Crippen LogP contribution in [0.15, 0.2) is 77.6 Å². The van der Waals surface area contributed by atoms with E-state index in [0.717, 1.165) is 26.8 Å². The van der Waals surface area contributed by atoms with E-state index in [0.29, 0.717) is 11.9 Å². The molecule has 0 radical (unpaired) electrons. The van der Waals surface area contributed by atoms with Crippen molar-refractivity contribution in [2.24, 2.45) is 0 Å². The number of aryl methyl sites for hydroxylation is 2. The first kappa shape index (κ1) is 21.0. The van der Waals surface area contributed by atoms with Gasteiger partial charge < -0.3 is 5.32 Å². The third-order valence-electron chi connectivity index (χ3n) is 5.69. The molecule has 7 heteroatoms. The molecule has 5 aromatic rings. The van der Waals surface area contributed by atoms with E-state index in [9.17, 15) is 4.79 Å². The predicted octanol–water partition coefficient (Wildman–Crippen LogP) is 5.19. The number of aromatic nitrogens is 4. The average Bonchev–Trinajstić information content (AvgIpc) is 3.29. The maximum absolute atomic E-state index is 13.2. The molecule has 164 valence electrons. The second kappa shape index (κ2) is 8.96. The molecule has 0 unspecified atom stereocenters. The van der Waals surface area contributed by atoms with Gasteiger partial charge in [0.2, 0.25) is 5.13 Å². The van der Waals surface area contributed by atoms with Crippen LogP contribution >= 0.6 is 11.3 Å². The zero-order valence-corrected chi connectivity index (χ0v) is 19.3. The Bertz CT molecular complexity index is 1490. The minimum atomic E-state index is -0.132. The number of hydrogen-bond acceptors (Lipinski definition) is 6. The Morgan fingerprint density at radius 1 is 0.879 bits per heavy atom. The lowest BCUT2D eigenvalue weighted by Gasteiger charge is -2.11. The summed E-state index contributed by atoms with van der Waals surface area (Å²) in [5, 5.41) is 19.5. The Kier molecular flexibility index (Phi) is 5.71. The first-order valence-electron chi connectivity index (χ1n) is 10.8. The van der Waals surface area contributed by atoms with Gasteiger partial charge in [0, 0.05) is 17.5 Å². The van der Waals surface area contributed by atoms with Crippen molar-refractivity contribution in [2.75, 3.05) is 5.32 Å². The Hall–Kier alpha value is -3.84. The molecule has 3 aromatic carbocycles. The van der Waals surface area contributed by atoms with Crippen LogP contribution in [0.3, 0.4) is 0 Å². The van der Waals surface area contributed by atoms with Crippen molar-refractivity contribution in [3.8, 4) is 11.3 Å². The van der Waals surface area contributed by atoms with E-state index in [1.807, 2.05) is 42.5 Å². The Balaban J connectivity index is 1.47. The molecule has 0 saturated carbocycles. The van der Waals surface area contributed by atoms with Gasteiger partial charge in [0.15, 0.2) is 0 Å². The van der Waals surface area contributed by atoms with E-state index in [4.69, 9.17) is 5.10 Å². The van der Waals surface area contributed by atoms with E-state index < -0.39 is 0 Å². The summed E-state index contributed by atoms with van der Waals surface area (Å²) in [4.78, 5) is 13.2. The Morgan fingerprint density at radius 2 is 1.64 bits per heavy atom. The SMILES string of the molecule is Cc1ccc(-c2nn(Cc3nnc(NCc4ccccc4)s3)c(=O)c3ccccc23)cc1C. The van der Waals surface area contributed by atoms with Gasteiger partial charge in [-0.15, -0.1) is 10.2 Å². The fourth-order valence-electron chi connectivity index (χ4n) is 3.73. The lowest BCUT2D eigenvalue weighted by atomic mass is 10.0. The fraction of sp³-hybridized carbons (Fsp3) is 0.154. The molecule has 0 aliphatic heterocycles. The van der Waals surface area contributed by atoms with E-state index >= 15 is 0 Å². The van der Waals surface area contributed by atoms with E-state index in [2.05, 4.69) is 59.7 Å². The number of fused-ring (bicyclic) bond motifs is 1. The van der Waals surface area contributed by atoms with Gasteiger partial charge in [0.1, 0.15) is 5.01 Å². The molecule has 0 aliphatic carbocycles. The maximum Gasteiger partial charge on any atom is 0.275 e. The standard InChI is InChI=1S/C26H23N5OS/c1-17-12-13-20(14-18(17)2)24-21-10-6-7-11-22(21)25(32)31(30-24)16-23-28-29-26(33-23)27-15-19-8-4-3-5-9-19/h3-14H,15-16H2,1-2H3,(H,27,29). The molecule has 5 rings (SSSR count). The lowest BCUT2D eigenvalue weighted by molar-refractivity contribution is 0.643. The summed E-state index contributed by atoms with van der Waals surface area (Å²) < 4.78 is 1.49. The largest absolute Gasteiger partial charge is 0.356 e. The maximum atomic E-state index is 13.2. The van der Waals surface area contributed by atoms with Gasteiger partial charge in [-0.2, -0.15) is 5.10 Å². The summed E-state index contributed by atoms with van der Waals surface area (Å²) in [6.07, 6.45) is 0. The molecule has 0 aliphatic rings. The van der Waals surface area contributed by atoms with E-state index in [1.165, 1.54) is 32.7 Å². The van der Waals surface area contributed by atoms with Gasteiger partial charge in [0.05, 0.1) is 17.6 Å². The van der Waals surface area contributed by atoms with Crippen molar-refractivity contribution in [1.29, 1.82) is 0 Å².